The van der Waals surface area contributed by atoms with Crippen LogP contribution in [0.1, 0.15) is 29.8 Å². The van der Waals surface area contributed by atoms with Crippen LogP contribution in [0.5, 0.6) is 5.75 Å². The van der Waals surface area contributed by atoms with E-state index in [0.29, 0.717) is 24.0 Å². The molecular formula is C23H22F3N3OS. The first-order valence-corrected chi connectivity index (χ1v) is 10.4. The van der Waals surface area contributed by atoms with Gasteiger partial charge < -0.3 is 19.5 Å². The number of ether oxygens (including phenoxy) is 1. The molecule has 1 atom stereocenters. The largest absolute Gasteiger partial charge is 0.494 e. The summed E-state index contributed by atoms with van der Waals surface area (Å²) in [5.74, 6) is 0.786. The molecule has 0 fully saturated rings. The van der Waals surface area contributed by atoms with Gasteiger partial charge in [-0.2, -0.15) is 13.2 Å². The average molecular weight is 446 g/mol. The molecule has 0 unspecified atom stereocenters. The third kappa shape index (κ3) is 4.54. The van der Waals surface area contributed by atoms with Gasteiger partial charge in [0, 0.05) is 30.7 Å². The first-order valence-electron chi connectivity index (χ1n) is 9.99. The van der Waals surface area contributed by atoms with E-state index in [4.69, 9.17) is 17.0 Å². The molecule has 1 N–H and O–H groups in total. The fraction of sp³-hybridized carbons (Fsp3) is 0.261. The molecule has 4 nitrogen and oxygen atoms in total. The molecule has 0 saturated heterocycles. The van der Waals surface area contributed by atoms with E-state index < -0.39 is 11.7 Å². The molecule has 2 heterocycles. The number of anilines is 1. The number of benzene rings is 2. The van der Waals surface area contributed by atoms with Gasteiger partial charge in [-0.3, -0.25) is 0 Å². The van der Waals surface area contributed by atoms with E-state index >= 15 is 0 Å². The molecule has 0 spiro atoms. The highest BCUT2D eigenvalue weighted by Gasteiger charge is 2.32. The number of rotatable bonds is 4. The molecule has 8 heteroatoms. The summed E-state index contributed by atoms with van der Waals surface area (Å²) in [6, 6.07) is 16.8. The summed E-state index contributed by atoms with van der Waals surface area (Å²) in [4.78, 5) is 2.01. The van der Waals surface area contributed by atoms with Crippen molar-refractivity contribution in [3.63, 3.8) is 0 Å². The van der Waals surface area contributed by atoms with E-state index in [0.717, 1.165) is 35.7 Å². The number of aromatic nitrogens is 1. The molecule has 1 aromatic heterocycles. The molecule has 0 aliphatic carbocycles. The monoisotopic (exact) mass is 445 g/mol. The Morgan fingerprint density at radius 3 is 2.58 bits per heavy atom. The second kappa shape index (κ2) is 8.63. The van der Waals surface area contributed by atoms with Crippen molar-refractivity contribution in [2.24, 2.45) is 0 Å². The van der Waals surface area contributed by atoms with Gasteiger partial charge in [0.05, 0.1) is 18.2 Å². The normalized spacial score (nSPS) is 16.0. The topological polar surface area (TPSA) is 29.4 Å². The van der Waals surface area contributed by atoms with E-state index in [1.165, 1.54) is 6.07 Å². The second-order valence-corrected chi connectivity index (χ2v) is 7.62. The van der Waals surface area contributed by atoms with Crippen LogP contribution in [-0.4, -0.2) is 27.7 Å². The molecular weight excluding hydrogens is 423 g/mol. The van der Waals surface area contributed by atoms with Crippen LogP contribution in [0.15, 0.2) is 66.9 Å². The van der Waals surface area contributed by atoms with Gasteiger partial charge in [-0.1, -0.05) is 18.2 Å². The summed E-state index contributed by atoms with van der Waals surface area (Å²) in [5.41, 5.74) is 1.70. The molecule has 162 valence electrons. The molecule has 1 aliphatic rings. The zero-order valence-electron chi connectivity index (χ0n) is 16.9. The Labute approximate surface area is 184 Å². The van der Waals surface area contributed by atoms with Gasteiger partial charge in [0.2, 0.25) is 0 Å². The van der Waals surface area contributed by atoms with Crippen molar-refractivity contribution in [2.45, 2.75) is 25.7 Å². The van der Waals surface area contributed by atoms with Crippen molar-refractivity contribution in [1.82, 2.24) is 9.47 Å². The van der Waals surface area contributed by atoms with Gasteiger partial charge in [0.1, 0.15) is 5.75 Å². The predicted octanol–water partition coefficient (Wildman–Crippen LogP) is 5.71. The third-order valence-corrected chi connectivity index (χ3v) is 5.58. The Kier molecular flexibility index (Phi) is 5.91. The van der Waals surface area contributed by atoms with Crippen LogP contribution < -0.4 is 10.1 Å². The van der Waals surface area contributed by atoms with Crippen LogP contribution >= 0.6 is 12.2 Å². The first-order chi connectivity index (χ1) is 14.9. The SMILES string of the molecule is CCOc1ccc([C@@H]2c3cccn3CCN2C(=S)Nc2cccc(C(F)(F)F)c2)cc1. The quantitative estimate of drug-likeness (QED) is 0.521. The van der Waals surface area contributed by atoms with Gasteiger partial charge in [0.15, 0.2) is 5.11 Å². The van der Waals surface area contributed by atoms with Crippen LogP contribution in [-0.2, 0) is 12.7 Å². The van der Waals surface area contributed by atoms with Crippen molar-refractivity contribution in [3.05, 3.63) is 83.7 Å². The van der Waals surface area contributed by atoms with Crippen molar-refractivity contribution in [1.29, 1.82) is 0 Å². The maximum absolute atomic E-state index is 13.1. The molecule has 1 aliphatic heterocycles. The molecule has 4 rings (SSSR count). The zero-order valence-corrected chi connectivity index (χ0v) is 17.7. The summed E-state index contributed by atoms with van der Waals surface area (Å²) in [5, 5.41) is 3.38. The summed E-state index contributed by atoms with van der Waals surface area (Å²) in [6.45, 7) is 3.88. The average Bonchev–Trinajstić information content (AvgIpc) is 3.22. The van der Waals surface area contributed by atoms with Crippen LogP contribution in [0.3, 0.4) is 0 Å². The standard InChI is InChI=1S/C23H22F3N3OS/c1-2-30-19-10-8-16(9-11-19)21-20-7-4-12-28(20)13-14-29(21)22(31)27-18-6-3-5-17(15-18)23(24,25)26/h3-12,15,21H,2,13-14H2,1H3,(H,27,31)/t21-/m1/s1. The minimum Gasteiger partial charge on any atom is -0.494 e. The molecule has 31 heavy (non-hydrogen) atoms. The molecule has 0 radical (unpaired) electrons. The van der Waals surface area contributed by atoms with Crippen molar-refractivity contribution in [3.8, 4) is 5.75 Å². The van der Waals surface area contributed by atoms with Crippen molar-refractivity contribution >= 4 is 23.0 Å². The first kappa shape index (κ1) is 21.2. The molecule has 3 aromatic rings. The molecule has 0 amide bonds. The fourth-order valence-corrected chi connectivity index (χ4v) is 4.15. The third-order valence-electron chi connectivity index (χ3n) is 5.25. The Bertz CT molecular complexity index is 1060. The highest BCUT2D eigenvalue weighted by atomic mass is 32.1. The van der Waals surface area contributed by atoms with Crippen molar-refractivity contribution < 1.29 is 17.9 Å². The van der Waals surface area contributed by atoms with Crippen LogP contribution in [0.4, 0.5) is 18.9 Å². The molecule has 2 aromatic carbocycles. The number of fused-ring (bicyclic) bond motifs is 1. The second-order valence-electron chi connectivity index (χ2n) is 7.23. The maximum atomic E-state index is 13.1. The lowest BCUT2D eigenvalue weighted by atomic mass is 10.00. The van der Waals surface area contributed by atoms with E-state index in [1.807, 2.05) is 54.4 Å². The van der Waals surface area contributed by atoms with Crippen LogP contribution in [0, 0.1) is 0 Å². The summed E-state index contributed by atoms with van der Waals surface area (Å²) >= 11 is 5.64. The Morgan fingerprint density at radius 1 is 1.10 bits per heavy atom. The highest BCUT2D eigenvalue weighted by Crippen LogP contribution is 2.35. The molecule has 0 bridgehead atoms. The Morgan fingerprint density at radius 2 is 1.87 bits per heavy atom. The number of halogens is 3. The van der Waals surface area contributed by atoms with Gasteiger partial charge in [-0.25, -0.2) is 0 Å². The number of nitrogens with zero attached hydrogens (tertiary/aromatic N) is 2. The van der Waals surface area contributed by atoms with E-state index in [-0.39, 0.29) is 6.04 Å². The highest BCUT2D eigenvalue weighted by molar-refractivity contribution is 7.80. The van der Waals surface area contributed by atoms with Gasteiger partial charge in [-0.05, 0) is 67.2 Å². The smallest absolute Gasteiger partial charge is 0.416 e. The summed E-state index contributed by atoms with van der Waals surface area (Å²) < 4.78 is 46.9. The number of alkyl halides is 3. The lowest BCUT2D eigenvalue weighted by Gasteiger charge is -2.39. The van der Waals surface area contributed by atoms with Gasteiger partial charge in [-0.15, -0.1) is 0 Å². The van der Waals surface area contributed by atoms with Crippen LogP contribution in [0.2, 0.25) is 0 Å². The Hall–Kier alpha value is -3.00. The number of hydrogen-bond acceptors (Lipinski definition) is 2. The zero-order chi connectivity index (χ0) is 22.0. The Balaban J connectivity index is 1.62. The number of nitrogens with one attached hydrogen (secondary N) is 1. The van der Waals surface area contributed by atoms with E-state index in [2.05, 4.69) is 9.88 Å². The van der Waals surface area contributed by atoms with E-state index in [1.54, 1.807) is 6.07 Å². The lowest BCUT2D eigenvalue weighted by molar-refractivity contribution is -0.137. The minimum atomic E-state index is -4.41. The predicted molar refractivity (Wildman–Crippen MR) is 118 cm³/mol. The number of hydrogen-bond donors (Lipinski definition) is 1. The summed E-state index contributed by atoms with van der Waals surface area (Å²) in [7, 11) is 0. The lowest BCUT2D eigenvalue weighted by Crippen LogP contribution is -2.44. The number of thiocarbonyl (C=S) groups is 1. The van der Waals surface area contributed by atoms with Gasteiger partial charge in [0.25, 0.3) is 0 Å². The minimum absolute atomic E-state index is 0.162. The molecule has 0 saturated carbocycles. The van der Waals surface area contributed by atoms with Gasteiger partial charge >= 0.3 is 6.18 Å². The summed E-state index contributed by atoms with van der Waals surface area (Å²) in [6.07, 6.45) is -2.38. The van der Waals surface area contributed by atoms with E-state index in [9.17, 15) is 13.2 Å². The maximum Gasteiger partial charge on any atom is 0.416 e. The fourth-order valence-electron chi connectivity index (χ4n) is 3.83. The van der Waals surface area contributed by atoms with Crippen molar-refractivity contribution in [2.75, 3.05) is 18.5 Å². The van der Waals surface area contributed by atoms with Crippen LogP contribution in [0.25, 0.3) is 0 Å².